The van der Waals surface area contributed by atoms with Crippen LogP contribution in [0.5, 0.6) is 0 Å². The van der Waals surface area contributed by atoms with Crippen molar-refractivity contribution in [2.75, 3.05) is 26.4 Å². The van der Waals surface area contributed by atoms with E-state index < -0.39 is 0 Å². The van der Waals surface area contributed by atoms with Crippen LogP contribution in [0.1, 0.15) is 12.8 Å². The first kappa shape index (κ1) is 8.97. The minimum Gasteiger partial charge on any atom is -0.394 e. The van der Waals surface area contributed by atoms with Gasteiger partial charge in [-0.05, 0) is 12.8 Å². The van der Waals surface area contributed by atoms with Gasteiger partial charge in [0.15, 0.2) is 0 Å². The Hall–Kier alpha value is -0.610. The first-order chi connectivity index (χ1) is 6.33. The number of ether oxygens (including phenoxy) is 1. The molecule has 4 nitrogen and oxygen atoms in total. The van der Waals surface area contributed by atoms with E-state index in [1.807, 2.05) is 0 Å². The van der Waals surface area contributed by atoms with Crippen molar-refractivity contribution in [2.24, 2.45) is 5.92 Å². The summed E-state index contributed by atoms with van der Waals surface area (Å²) in [5.41, 5.74) is 0. The van der Waals surface area contributed by atoms with Gasteiger partial charge in [-0.1, -0.05) is 0 Å². The van der Waals surface area contributed by atoms with E-state index in [9.17, 15) is 4.79 Å². The van der Waals surface area contributed by atoms with Gasteiger partial charge in [0.25, 0.3) is 0 Å². The lowest BCUT2D eigenvalue weighted by molar-refractivity contribution is -0.143. The van der Waals surface area contributed by atoms with Gasteiger partial charge in [0.1, 0.15) is 0 Å². The van der Waals surface area contributed by atoms with Crippen LogP contribution in [0.3, 0.4) is 0 Å². The van der Waals surface area contributed by atoms with Crippen LogP contribution in [0.15, 0.2) is 0 Å². The van der Waals surface area contributed by atoms with Gasteiger partial charge < -0.3 is 14.7 Å². The number of aliphatic hydroxyl groups is 1. The molecule has 0 spiro atoms. The van der Waals surface area contributed by atoms with Crippen molar-refractivity contribution in [1.82, 2.24) is 4.90 Å². The van der Waals surface area contributed by atoms with Crippen LogP contribution < -0.4 is 0 Å². The van der Waals surface area contributed by atoms with E-state index in [0.717, 1.165) is 12.8 Å². The SMILES string of the molecule is O=C(C1CC1)N1CCOCC1CO. The number of hydrogen-bond donors (Lipinski definition) is 1. The second kappa shape index (κ2) is 3.64. The highest BCUT2D eigenvalue weighted by Crippen LogP contribution is 2.31. The van der Waals surface area contributed by atoms with Gasteiger partial charge in [-0.15, -0.1) is 0 Å². The normalized spacial score (nSPS) is 29.0. The van der Waals surface area contributed by atoms with Crippen molar-refractivity contribution in [3.63, 3.8) is 0 Å². The summed E-state index contributed by atoms with van der Waals surface area (Å²) in [6.45, 7) is 1.74. The van der Waals surface area contributed by atoms with Gasteiger partial charge in [-0.25, -0.2) is 0 Å². The summed E-state index contributed by atoms with van der Waals surface area (Å²) < 4.78 is 5.20. The van der Waals surface area contributed by atoms with Crippen LogP contribution in [0, 0.1) is 5.92 Å². The molecule has 0 aromatic rings. The van der Waals surface area contributed by atoms with Crippen LogP contribution in [0.4, 0.5) is 0 Å². The zero-order valence-electron chi connectivity index (χ0n) is 7.61. The Labute approximate surface area is 77.5 Å². The Balaban J connectivity index is 1.96. The third-order valence-corrected chi connectivity index (χ3v) is 2.65. The molecule has 1 saturated carbocycles. The second-order valence-electron chi connectivity index (χ2n) is 3.72. The third-order valence-electron chi connectivity index (χ3n) is 2.65. The van der Waals surface area contributed by atoms with Gasteiger partial charge in [0, 0.05) is 12.5 Å². The fourth-order valence-corrected chi connectivity index (χ4v) is 1.66. The molecule has 1 atom stereocenters. The number of nitrogens with zero attached hydrogens (tertiary/aromatic N) is 1. The standard InChI is InChI=1S/C9H15NO3/c11-5-8-6-13-4-3-10(8)9(12)7-1-2-7/h7-8,11H,1-6H2. The molecule has 0 bridgehead atoms. The summed E-state index contributed by atoms with van der Waals surface area (Å²) in [6, 6.07) is -0.109. The molecular weight excluding hydrogens is 170 g/mol. The first-order valence-corrected chi connectivity index (χ1v) is 4.82. The molecule has 1 heterocycles. The molecule has 0 aromatic carbocycles. The lowest BCUT2D eigenvalue weighted by atomic mass is 10.2. The molecular formula is C9H15NO3. The summed E-state index contributed by atoms with van der Waals surface area (Å²) in [5.74, 6) is 0.453. The summed E-state index contributed by atoms with van der Waals surface area (Å²) in [7, 11) is 0. The lowest BCUT2D eigenvalue weighted by Gasteiger charge is -2.34. The Morgan fingerprint density at radius 3 is 2.92 bits per heavy atom. The number of amides is 1. The topological polar surface area (TPSA) is 49.8 Å². The maximum absolute atomic E-state index is 11.7. The number of rotatable bonds is 2. The van der Waals surface area contributed by atoms with E-state index in [1.165, 1.54) is 0 Å². The van der Waals surface area contributed by atoms with Gasteiger partial charge in [-0.3, -0.25) is 4.79 Å². The van der Waals surface area contributed by atoms with E-state index >= 15 is 0 Å². The van der Waals surface area contributed by atoms with E-state index in [-0.39, 0.29) is 24.5 Å². The number of hydrogen-bond acceptors (Lipinski definition) is 3. The smallest absolute Gasteiger partial charge is 0.226 e. The molecule has 4 heteroatoms. The number of morpholine rings is 1. The van der Waals surface area contributed by atoms with E-state index in [4.69, 9.17) is 9.84 Å². The van der Waals surface area contributed by atoms with Gasteiger partial charge >= 0.3 is 0 Å². The van der Waals surface area contributed by atoms with E-state index in [0.29, 0.717) is 19.8 Å². The van der Waals surface area contributed by atoms with Crippen LogP contribution >= 0.6 is 0 Å². The number of carbonyl (C=O) groups excluding carboxylic acids is 1. The second-order valence-corrected chi connectivity index (χ2v) is 3.72. The molecule has 0 radical (unpaired) electrons. The summed E-state index contributed by atoms with van der Waals surface area (Å²) in [6.07, 6.45) is 2.04. The fraction of sp³-hybridized carbons (Fsp3) is 0.889. The Kier molecular flexibility index (Phi) is 2.51. The average molecular weight is 185 g/mol. The minimum absolute atomic E-state index is 0.0124. The molecule has 13 heavy (non-hydrogen) atoms. The monoisotopic (exact) mass is 185 g/mol. The van der Waals surface area contributed by atoms with Crippen molar-refractivity contribution >= 4 is 5.91 Å². The molecule has 74 valence electrons. The van der Waals surface area contributed by atoms with Crippen LogP contribution in [-0.4, -0.2) is 48.3 Å². The van der Waals surface area contributed by atoms with E-state index in [2.05, 4.69) is 0 Å². The van der Waals surface area contributed by atoms with Crippen LogP contribution in [0.25, 0.3) is 0 Å². The van der Waals surface area contributed by atoms with Crippen molar-refractivity contribution < 1.29 is 14.6 Å². The number of carbonyl (C=O) groups is 1. The molecule has 2 rings (SSSR count). The predicted octanol–water partition coefficient (Wildman–Crippen LogP) is -0.384. The Bertz CT molecular complexity index is 203. The Morgan fingerprint density at radius 2 is 2.31 bits per heavy atom. The van der Waals surface area contributed by atoms with Crippen molar-refractivity contribution in [2.45, 2.75) is 18.9 Å². The fourth-order valence-electron chi connectivity index (χ4n) is 1.66. The lowest BCUT2D eigenvalue weighted by Crippen LogP contribution is -2.51. The average Bonchev–Trinajstić information content (AvgIpc) is 3.00. The van der Waals surface area contributed by atoms with Crippen molar-refractivity contribution in [1.29, 1.82) is 0 Å². The summed E-state index contributed by atoms with van der Waals surface area (Å²) in [5, 5.41) is 9.04. The highest BCUT2D eigenvalue weighted by molar-refractivity contribution is 5.81. The molecule has 1 saturated heterocycles. The molecule has 1 unspecified atom stereocenters. The van der Waals surface area contributed by atoms with Crippen LogP contribution in [0.2, 0.25) is 0 Å². The van der Waals surface area contributed by atoms with Gasteiger partial charge in [0.05, 0.1) is 25.9 Å². The maximum Gasteiger partial charge on any atom is 0.226 e. The number of aliphatic hydroxyl groups excluding tert-OH is 1. The zero-order chi connectivity index (χ0) is 9.26. The quantitative estimate of drug-likeness (QED) is 0.637. The highest BCUT2D eigenvalue weighted by Gasteiger charge is 2.37. The largest absolute Gasteiger partial charge is 0.394 e. The predicted molar refractivity (Wildman–Crippen MR) is 46.1 cm³/mol. The molecule has 2 fully saturated rings. The highest BCUT2D eigenvalue weighted by atomic mass is 16.5. The zero-order valence-corrected chi connectivity index (χ0v) is 7.61. The third kappa shape index (κ3) is 1.84. The molecule has 1 aliphatic carbocycles. The minimum atomic E-state index is -0.109. The van der Waals surface area contributed by atoms with Crippen LogP contribution in [-0.2, 0) is 9.53 Å². The molecule has 1 aliphatic heterocycles. The van der Waals surface area contributed by atoms with E-state index in [1.54, 1.807) is 4.90 Å². The van der Waals surface area contributed by atoms with Crippen molar-refractivity contribution in [3.05, 3.63) is 0 Å². The Morgan fingerprint density at radius 1 is 1.54 bits per heavy atom. The maximum atomic E-state index is 11.7. The first-order valence-electron chi connectivity index (χ1n) is 4.82. The van der Waals surface area contributed by atoms with Crippen molar-refractivity contribution in [3.8, 4) is 0 Å². The molecule has 0 aromatic heterocycles. The van der Waals surface area contributed by atoms with Gasteiger partial charge in [-0.2, -0.15) is 0 Å². The summed E-state index contributed by atoms with van der Waals surface area (Å²) in [4.78, 5) is 13.5. The van der Waals surface area contributed by atoms with Gasteiger partial charge in [0.2, 0.25) is 5.91 Å². The molecule has 1 amide bonds. The molecule has 1 N–H and O–H groups in total. The molecule has 2 aliphatic rings. The summed E-state index contributed by atoms with van der Waals surface area (Å²) >= 11 is 0.